The molecule has 0 heterocycles. The van der Waals surface area contributed by atoms with Crippen LogP contribution >= 0.6 is 0 Å². The molecule has 0 atom stereocenters. The van der Waals surface area contributed by atoms with Gasteiger partial charge >= 0.3 is 0 Å². The van der Waals surface area contributed by atoms with Crippen molar-refractivity contribution in [3.8, 4) is 5.75 Å². The molecule has 0 aliphatic heterocycles. The number of aryl methyl sites for hydroxylation is 3. The van der Waals surface area contributed by atoms with E-state index in [0.717, 1.165) is 31.1 Å². The van der Waals surface area contributed by atoms with E-state index in [4.69, 9.17) is 9.84 Å². The van der Waals surface area contributed by atoms with Crippen molar-refractivity contribution in [1.29, 1.82) is 0 Å². The molecule has 0 radical (unpaired) electrons. The van der Waals surface area contributed by atoms with Gasteiger partial charge in [-0.15, -0.1) is 0 Å². The molecule has 0 amide bonds. The second kappa shape index (κ2) is 6.24. The predicted molar refractivity (Wildman–Crippen MR) is 74.2 cm³/mol. The maximum atomic E-state index is 8.97. The maximum absolute atomic E-state index is 8.97. The molecule has 2 heteroatoms. The van der Waals surface area contributed by atoms with E-state index in [1.807, 2.05) is 0 Å². The minimum absolute atomic E-state index is 0.245. The van der Waals surface area contributed by atoms with Gasteiger partial charge in [0.05, 0.1) is 6.61 Å². The van der Waals surface area contributed by atoms with Crippen LogP contribution in [0.3, 0.4) is 0 Å². The van der Waals surface area contributed by atoms with Gasteiger partial charge in [-0.2, -0.15) is 0 Å². The number of rotatable bonds is 6. The fraction of sp³-hybridized carbons (Fsp3) is 0.625. The second-order valence-electron chi connectivity index (χ2n) is 5.48. The van der Waals surface area contributed by atoms with Gasteiger partial charge in [0.25, 0.3) is 0 Å². The number of aliphatic hydroxyl groups excluding tert-OH is 1. The third-order valence-corrected chi connectivity index (χ3v) is 3.98. The molecular weight excluding hydrogens is 224 g/mol. The van der Waals surface area contributed by atoms with Crippen molar-refractivity contribution in [1.82, 2.24) is 0 Å². The summed E-state index contributed by atoms with van der Waals surface area (Å²) in [6, 6.07) is 4.36. The molecule has 2 nitrogen and oxygen atoms in total. The van der Waals surface area contributed by atoms with Gasteiger partial charge in [-0.1, -0.05) is 12.5 Å². The highest BCUT2D eigenvalue weighted by molar-refractivity contribution is 5.41. The van der Waals surface area contributed by atoms with Gasteiger partial charge in [0.1, 0.15) is 5.75 Å². The van der Waals surface area contributed by atoms with E-state index < -0.39 is 0 Å². The summed E-state index contributed by atoms with van der Waals surface area (Å²) in [4.78, 5) is 0. The first-order chi connectivity index (χ1) is 8.70. The summed E-state index contributed by atoms with van der Waals surface area (Å²) in [7, 11) is 0. The predicted octanol–water partition coefficient (Wildman–Crippen LogP) is 3.41. The molecule has 18 heavy (non-hydrogen) atoms. The van der Waals surface area contributed by atoms with Gasteiger partial charge in [0.2, 0.25) is 0 Å². The van der Waals surface area contributed by atoms with Crippen molar-refractivity contribution in [2.24, 2.45) is 5.92 Å². The van der Waals surface area contributed by atoms with Crippen molar-refractivity contribution in [3.63, 3.8) is 0 Å². The number of hydrogen-bond donors (Lipinski definition) is 1. The molecule has 1 saturated carbocycles. The first-order valence-corrected chi connectivity index (χ1v) is 7.04. The zero-order valence-corrected chi connectivity index (χ0v) is 11.5. The minimum Gasteiger partial charge on any atom is -0.493 e. The molecular formula is C16H24O2. The van der Waals surface area contributed by atoms with E-state index in [1.165, 1.54) is 36.0 Å². The molecule has 1 aliphatic carbocycles. The van der Waals surface area contributed by atoms with E-state index in [-0.39, 0.29) is 6.61 Å². The Morgan fingerprint density at radius 1 is 1.22 bits per heavy atom. The highest BCUT2D eigenvalue weighted by Gasteiger charge is 2.18. The van der Waals surface area contributed by atoms with E-state index in [1.54, 1.807) is 0 Å². The molecule has 1 aromatic carbocycles. The quantitative estimate of drug-likeness (QED) is 0.836. The minimum atomic E-state index is 0.245. The molecule has 0 spiro atoms. The Bertz CT molecular complexity index is 394. The van der Waals surface area contributed by atoms with Gasteiger partial charge in [-0.3, -0.25) is 0 Å². The number of ether oxygens (including phenoxy) is 1. The first kappa shape index (κ1) is 13.4. The SMILES string of the molecule is Cc1cc(CCCO)c(OCC2CCC2)cc1C. The normalized spacial score (nSPS) is 15.5. The van der Waals surface area contributed by atoms with E-state index in [0.29, 0.717) is 0 Å². The molecule has 0 saturated heterocycles. The summed E-state index contributed by atoms with van der Waals surface area (Å²) in [5.74, 6) is 1.79. The lowest BCUT2D eigenvalue weighted by Crippen LogP contribution is -2.19. The van der Waals surface area contributed by atoms with Crippen molar-refractivity contribution in [2.75, 3.05) is 13.2 Å². The summed E-state index contributed by atoms with van der Waals surface area (Å²) in [6.07, 6.45) is 5.70. The standard InChI is InChI=1S/C16H24O2/c1-12-9-15(7-4-8-17)16(10-13(12)2)18-11-14-5-3-6-14/h9-10,14,17H,3-8,11H2,1-2H3. The Balaban J connectivity index is 2.06. The molecule has 0 bridgehead atoms. The molecule has 1 fully saturated rings. The average Bonchev–Trinajstić information content (AvgIpc) is 2.29. The van der Waals surface area contributed by atoms with Crippen molar-refractivity contribution in [3.05, 3.63) is 28.8 Å². The van der Waals surface area contributed by atoms with Crippen LogP contribution in [0, 0.1) is 19.8 Å². The molecule has 0 unspecified atom stereocenters. The summed E-state index contributed by atoms with van der Waals surface area (Å²) in [5, 5.41) is 8.97. The van der Waals surface area contributed by atoms with Crippen molar-refractivity contribution < 1.29 is 9.84 Å². The molecule has 1 aromatic rings. The van der Waals surface area contributed by atoms with Gasteiger partial charge in [-0.05, 0) is 68.2 Å². The Morgan fingerprint density at radius 2 is 1.94 bits per heavy atom. The van der Waals surface area contributed by atoms with Crippen LogP contribution in [0.1, 0.15) is 42.4 Å². The fourth-order valence-corrected chi connectivity index (χ4v) is 2.32. The van der Waals surface area contributed by atoms with Crippen LogP contribution in [-0.2, 0) is 6.42 Å². The van der Waals surface area contributed by atoms with Crippen LogP contribution in [0.15, 0.2) is 12.1 Å². The van der Waals surface area contributed by atoms with E-state index in [9.17, 15) is 0 Å². The Morgan fingerprint density at radius 3 is 2.56 bits per heavy atom. The first-order valence-electron chi connectivity index (χ1n) is 7.04. The summed E-state index contributed by atoms with van der Waals surface area (Å²) >= 11 is 0. The highest BCUT2D eigenvalue weighted by atomic mass is 16.5. The van der Waals surface area contributed by atoms with Crippen LogP contribution in [0.5, 0.6) is 5.75 Å². The van der Waals surface area contributed by atoms with Gasteiger partial charge in [0, 0.05) is 6.61 Å². The molecule has 0 aromatic heterocycles. The number of hydrogen-bond acceptors (Lipinski definition) is 2. The highest BCUT2D eigenvalue weighted by Crippen LogP contribution is 2.29. The molecule has 100 valence electrons. The zero-order valence-electron chi connectivity index (χ0n) is 11.5. The van der Waals surface area contributed by atoms with Gasteiger partial charge < -0.3 is 9.84 Å². The molecule has 1 aliphatic rings. The Hall–Kier alpha value is -1.02. The molecule has 1 N–H and O–H groups in total. The van der Waals surface area contributed by atoms with Crippen LogP contribution in [0.4, 0.5) is 0 Å². The fourth-order valence-electron chi connectivity index (χ4n) is 2.32. The zero-order chi connectivity index (χ0) is 13.0. The maximum Gasteiger partial charge on any atom is 0.122 e. The average molecular weight is 248 g/mol. The summed E-state index contributed by atoms with van der Waals surface area (Å²) in [6.45, 7) is 5.36. The second-order valence-corrected chi connectivity index (χ2v) is 5.48. The van der Waals surface area contributed by atoms with Crippen LogP contribution in [0.2, 0.25) is 0 Å². The number of benzene rings is 1. The van der Waals surface area contributed by atoms with Gasteiger partial charge in [0.15, 0.2) is 0 Å². The lowest BCUT2D eigenvalue weighted by atomic mass is 9.86. The number of aliphatic hydroxyl groups is 1. The van der Waals surface area contributed by atoms with Crippen LogP contribution < -0.4 is 4.74 Å². The lowest BCUT2D eigenvalue weighted by molar-refractivity contribution is 0.179. The summed E-state index contributed by atoms with van der Waals surface area (Å²) < 4.78 is 5.99. The Labute approximate surface area is 110 Å². The van der Waals surface area contributed by atoms with E-state index >= 15 is 0 Å². The monoisotopic (exact) mass is 248 g/mol. The third-order valence-electron chi connectivity index (χ3n) is 3.98. The largest absolute Gasteiger partial charge is 0.493 e. The Kier molecular flexibility index (Phi) is 4.65. The van der Waals surface area contributed by atoms with Crippen LogP contribution in [0.25, 0.3) is 0 Å². The molecule has 2 rings (SSSR count). The van der Waals surface area contributed by atoms with Crippen molar-refractivity contribution in [2.45, 2.75) is 46.0 Å². The van der Waals surface area contributed by atoms with Crippen molar-refractivity contribution >= 4 is 0 Å². The smallest absolute Gasteiger partial charge is 0.122 e. The van der Waals surface area contributed by atoms with E-state index in [2.05, 4.69) is 26.0 Å². The summed E-state index contributed by atoms with van der Waals surface area (Å²) in [5.41, 5.74) is 3.83. The third kappa shape index (κ3) is 3.26. The van der Waals surface area contributed by atoms with Gasteiger partial charge in [-0.25, -0.2) is 0 Å². The van der Waals surface area contributed by atoms with Crippen LogP contribution in [-0.4, -0.2) is 18.3 Å². The lowest BCUT2D eigenvalue weighted by Gasteiger charge is -2.26. The topological polar surface area (TPSA) is 29.5 Å².